The fourth-order valence-corrected chi connectivity index (χ4v) is 6.06. The number of alkyl halides is 1. The molecule has 2 unspecified atom stereocenters. The molecule has 1 amide bonds. The number of imidazole rings is 1. The van der Waals surface area contributed by atoms with Gasteiger partial charge in [-0.15, -0.1) is 11.6 Å². The molecule has 0 radical (unpaired) electrons. The molecule has 2 fully saturated rings. The van der Waals surface area contributed by atoms with Gasteiger partial charge in [0, 0.05) is 6.54 Å². The van der Waals surface area contributed by atoms with Crippen LogP contribution in [-0.4, -0.2) is 85.0 Å². The van der Waals surface area contributed by atoms with Crippen LogP contribution < -0.4 is 16.6 Å². The Morgan fingerprint density at radius 3 is 2.68 bits per heavy atom. The van der Waals surface area contributed by atoms with Crippen LogP contribution in [0.4, 0.5) is 5.95 Å². The van der Waals surface area contributed by atoms with E-state index in [1.807, 2.05) is 0 Å². The Labute approximate surface area is 218 Å². The lowest BCUT2D eigenvalue weighted by Crippen LogP contribution is -2.32. The van der Waals surface area contributed by atoms with Crippen LogP contribution in [0.3, 0.4) is 0 Å². The number of nitrogens with two attached hydrogens (primary N) is 1. The molecule has 2 aromatic rings. The summed E-state index contributed by atoms with van der Waals surface area (Å²) in [5, 5.41) is 2.27. The van der Waals surface area contributed by atoms with Crippen molar-refractivity contribution in [1.82, 2.24) is 24.8 Å². The lowest BCUT2D eigenvalue weighted by molar-refractivity contribution is -0.199. The van der Waals surface area contributed by atoms with E-state index in [1.165, 1.54) is 10.9 Å². The Bertz CT molecular complexity index is 1350. The van der Waals surface area contributed by atoms with Crippen LogP contribution in [0.2, 0.25) is 0 Å². The Hall–Kier alpha value is -1.95. The van der Waals surface area contributed by atoms with Gasteiger partial charge >= 0.3 is 15.6 Å². The van der Waals surface area contributed by atoms with Crippen LogP contribution in [0.15, 0.2) is 11.1 Å². The number of nitrogen functional groups attached to an aromatic ring is 1. The second-order valence-electron chi connectivity index (χ2n) is 8.54. The Kier molecular flexibility index (Phi) is 8.33. The van der Waals surface area contributed by atoms with Crippen molar-refractivity contribution in [3.63, 3.8) is 0 Å². The number of phosphoric acid groups is 2. The lowest BCUT2D eigenvalue weighted by atomic mass is 10.1. The topological polar surface area (TPSA) is 249 Å². The molecule has 18 nitrogen and oxygen atoms in total. The van der Waals surface area contributed by atoms with E-state index in [2.05, 4.69) is 29.1 Å². The number of hydrogen-bond acceptors (Lipinski definition) is 13. The highest BCUT2D eigenvalue weighted by molar-refractivity contribution is 7.61. The zero-order chi connectivity index (χ0) is 27.9. The maximum Gasteiger partial charge on any atom is 0.481 e. The maximum atomic E-state index is 12.4. The van der Waals surface area contributed by atoms with Crippen molar-refractivity contribution in [2.75, 3.05) is 31.4 Å². The molecule has 0 spiro atoms. The number of hydrogen-bond donors (Lipinski definition) is 5. The molecule has 212 valence electrons. The van der Waals surface area contributed by atoms with Gasteiger partial charge in [0.25, 0.3) is 5.56 Å². The number of nitrogens with zero attached hydrogens (tertiary/aromatic N) is 3. The summed E-state index contributed by atoms with van der Waals surface area (Å²) >= 11 is 5.30. The predicted octanol–water partition coefficient (Wildman–Crippen LogP) is -0.275. The van der Waals surface area contributed by atoms with Crippen LogP contribution in [0, 0.1) is 0 Å². The van der Waals surface area contributed by atoms with Crippen molar-refractivity contribution in [1.29, 1.82) is 0 Å². The molecule has 0 aromatic carbocycles. The Morgan fingerprint density at radius 1 is 1.29 bits per heavy atom. The third-order valence-corrected chi connectivity index (χ3v) is 8.14. The maximum absolute atomic E-state index is 12.4. The number of phosphoric ester groups is 2. The highest BCUT2D eigenvalue weighted by Gasteiger charge is 2.56. The van der Waals surface area contributed by atoms with Crippen LogP contribution in [0.5, 0.6) is 0 Å². The number of carbonyl (C=O) groups excluding carboxylic acids is 1. The van der Waals surface area contributed by atoms with E-state index in [0.717, 1.165) is 0 Å². The Morgan fingerprint density at radius 2 is 1.97 bits per heavy atom. The quantitative estimate of drug-likeness (QED) is 0.126. The highest BCUT2D eigenvalue weighted by Crippen LogP contribution is 2.60. The van der Waals surface area contributed by atoms with Crippen molar-refractivity contribution < 1.29 is 51.3 Å². The molecule has 21 heteroatoms. The highest BCUT2D eigenvalue weighted by atomic mass is 35.5. The van der Waals surface area contributed by atoms with Crippen LogP contribution >= 0.6 is 27.2 Å². The first-order valence-electron chi connectivity index (χ1n) is 10.9. The molecule has 38 heavy (non-hydrogen) atoms. The minimum atomic E-state index is -5.16. The number of rotatable bonds is 11. The summed E-state index contributed by atoms with van der Waals surface area (Å²) in [6, 6.07) is 0. The lowest BCUT2D eigenvalue weighted by Gasteiger charge is -2.25. The van der Waals surface area contributed by atoms with E-state index in [-0.39, 0.29) is 29.5 Å². The fourth-order valence-electron chi connectivity index (χ4n) is 3.89. The summed E-state index contributed by atoms with van der Waals surface area (Å²) in [7, 11) is -10.2. The number of halogens is 1. The minimum Gasteiger partial charge on any atom is -0.369 e. The molecule has 4 heterocycles. The van der Waals surface area contributed by atoms with Crippen molar-refractivity contribution in [3.05, 3.63) is 16.7 Å². The van der Waals surface area contributed by atoms with Gasteiger partial charge in [0.15, 0.2) is 23.2 Å². The molecular formula is C17H25ClN6O12P2. The third-order valence-electron chi connectivity index (χ3n) is 5.26. The van der Waals surface area contributed by atoms with E-state index >= 15 is 0 Å². The van der Waals surface area contributed by atoms with E-state index in [0.29, 0.717) is 0 Å². The van der Waals surface area contributed by atoms with Gasteiger partial charge in [-0.25, -0.2) is 14.1 Å². The summed E-state index contributed by atoms with van der Waals surface area (Å²) in [4.78, 5) is 53.4. The molecule has 2 aliphatic heterocycles. The molecule has 0 aliphatic carbocycles. The average molecular weight is 603 g/mol. The molecule has 2 aliphatic rings. The van der Waals surface area contributed by atoms with Crippen LogP contribution in [-0.2, 0) is 41.5 Å². The summed E-state index contributed by atoms with van der Waals surface area (Å²) in [5.41, 5.74) is 5.18. The zero-order valence-corrected chi connectivity index (χ0v) is 22.4. The van der Waals surface area contributed by atoms with Gasteiger partial charge in [-0.1, -0.05) is 0 Å². The van der Waals surface area contributed by atoms with Gasteiger partial charge in [-0.2, -0.15) is 9.29 Å². The number of ether oxygens (including phenoxy) is 3. The standard InChI is InChI=1S/C17H25ClN6O12P2/c1-17(2)34-11-8(6-32-38(29,30)36-37(27,28)31-4-3-20-9(25)5-18)33-15(12(11)35-17)24-7-21-10-13(24)22-16(19)23-14(10)26/h7-8,11-12,15H,3-6H2,1-2H3,(H,20,25)(H,27,28)(H,29,30)(H3,19,22,23,26)/t8-,11-,12-,15-/m1/s1. The molecule has 4 rings (SSSR count). The number of H-pyrrole nitrogens is 1. The monoisotopic (exact) mass is 602 g/mol. The second kappa shape index (κ2) is 10.9. The van der Waals surface area contributed by atoms with Gasteiger partial charge in [0.05, 0.1) is 19.5 Å². The van der Waals surface area contributed by atoms with Gasteiger partial charge in [0.1, 0.15) is 24.2 Å². The molecule has 2 saturated heterocycles. The first kappa shape index (κ1) is 29.0. The number of anilines is 1. The summed E-state index contributed by atoms with van der Waals surface area (Å²) < 4.78 is 57.3. The molecule has 6 atom stereocenters. The van der Waals surface area contributed by atoms with Gasteiger partial charge in [0.2, 0.25) is 11.9 Å². The number of nitrogens with one attached hydrogen (secondary N) is 2. The van der Waals surface area contributed by atoms with Crippen molar-refractivity contribution >= 4 is 50.3 Å². The predicted molar refractivity (Wildman–Crippen MR) is 127 cm³/mol. The zero-order valence-electron chi connectivity index (χ0n) is 19.9. The van der Waals surface area contributed by atoms with Gasteiger partial charge < -0.3 is 35.0 Å². The average Bonchev–Trinajstić information content (AvgIpc) is 3.45. The van der Waals surface area contributed by atoms with E-state index < -0.39 is 70.7 Å². The minimum absolute atomic E-state index is 0.00796. The normalized spacial score (nSPS) is 27.6. The van der Waals surface area contributed by atoms with Crippen molar-refractivity contribution in [2.45, 2.75) is 44.2 Å². The SMILES string of the molecule is CC1(C)O[C@@H]2[C@H](O1)[C@@H](COP(=O)(O)OP(=O)(O)OCCNC(=O)CCl)O[C@H]2n1cnc2c(=O)[nH]c(N)nc21. The van der Waals surface area contributed by atoms with Gasteiger partial charge in [-0.05, 0) is 13.8 Å². The molecule has 0 saturated carbocycles. The number of carbonyl (C=O) groups is 1. The molecular weight excluding hydrogens is 578 g/mol. The largest absolute Gasteiger partial charge is 0.481 e. The smallest absolute Gasteiger partial charge is 0.369 e. The molecule has 0 bridgehead atoms. The number of aromatic nitrogens is 4. The fraction of sp³-hybridized carbons (Fsp3) is 0.647. The molecule has 2 aromatic heterocycles. The second-order valence-corrected chi connectivity index (χ2v) is 11.8. The van der Waals surface area contributed by atoms with Crippen LogP contribution in [0.25, 0.3) is 11.2 Å². The summed E-state index contributed by atoms with van der Waals surface area (Å²) in [6.45, 7) is 1.91. The first-order valence-corrected chi connectivity index (χ1v) is 14.4. The van der Waals surface area contributed by atoms with E-state index in [1.54, 1.807) is 13.8 Å². The molecule has 6 N–H and O–H groups in total. The van der Waals surface area contributed by atoms with Crippen molar-refractivity contribution in [3.8, 4) is 0 Å². The van der Waals surface area contributed by atoms with Crippen molar-refractivity contribution in [2.24, 2.45) is 0 Å². The number of aromatic amines is 1. The summed E-state index contributed by atoms with van der Waals surface area (Å²) in [5.74, 6) is -2.12. The third kappa shape index (κ3) is 6.60. The van der Waals surface area contributed by atoms with Gasteiger partial charge in [-0.3, -0.25) is 28.2 Å². The summed E-state index contributed by atoms with van der Waals surface area (Å²) in [6.07, 6.45) is -2.36. The van der Waals surface area contributed by atoms with E-state index in [9.17, 15) is 28.5 Å². The number of fused-ring (bicyclic) bond motifs is 2. The van der Waals surface area contributed by atoms with E-state index in [4.69, 9.17) is 36.1 Å². The first-order chi connectivity index (χ1) is 17.7. The number of amides is 1. The van der Waals surface area contributed by atoms with Crippen LogP contribution in [0.1, 0.15) is 20.1 Å². The Balaban J connectivity index is 1.44.